The van der Waals surface area contributed by atoms with Crippen LogP contribution in [0.1, 0.15) is 15.2 Å². The molecular weight excluding hydrogens is 373 g/mol. The molecule has 0 radical (unpaired) electrons. The second-order valence-corrected chi connectivity index (χ2v) is 7.68. The van der Waals surface area contributed by atoms with Gasteiger partial charge in [0, 0.05) is 20.5 Å². The third-order valence-corrected chi connectivity index (χ3v) is 6.06. The average molecular weight is 386 g/mol. The highest BCUT2D eigenvalue weighted by molar-refractivity contribution is 7.21. The van der Waals surface area contributed by atoms with Gasteiger partial charge < -0.3 is 5.32 Å². The van der Waals surface area contributed by atoms with Crippen LogP contribution in [0, 0.1) is 6.92 Å². The van der Waals surface area contributed by atoms with E-state index < -0.39 is 0 Å². The number of aryl methyl sites for hydroxylation is 1. The lowest BCUT2D eigenvalue weighted by atomic mass is 10.0. The fourth-order valence-electron chi connectivity index (χ4n) is 2.90. The molecule has 0 aliphatic rings. The van der Waals surface area contributed by atoms with Crippen LogP contribution in [0.15, 0.2) is 54.6 Å². The monoisotopic (exact) mass is 385 g/mol. The van der Waals surface area contributed by atoms with Crippen molar-refractivity contribution >= 4 is 67.0 Å². The van der Waals surface area contributed by atoms with Crippen molar-refractivity contribution < 1.29 is 4.79 Å². The Morgan fingerprint density at radius 1 is 1.00 bits per heavy atom. The summed E-state index contributed by atoms with van der Waals surface area (Å²) in [6, 6.07) is 17.5. The number of hydrogen-bond acceptors (Lipinski definition) is 2. The summed E-state index contributed by atoms with van der Waals surface area (Å²) < 4.78 is 0.900. The van der Waals surface area contributed by atoms with E-state index in [1.54, 1.807) is 6.07 Å². The Morgan fingerprint density at radius 3 is 2.64 bits per heavy atom. The first-order valence-electron chi connectivity index (χ1n) is 7.72. The molecule has 4 aromatic rings. The third kappa shape index (κ3) is 2.89. The average Bonchev–Trinajstić information content (AvgIpc) is 2.93. The van der Waals surface area contributed by atoms with E-state index in [-0.39, 0.29) is 5.91 Å². The zero-order chi connectivity index (χ0) is 17.6. The lowest BCUT2D eigenvalue weighted by Gasteiger charge is -2.11. The first-order chi connectivity index (χ1) is 12.0. The first-order valence-corrected chi connectivity index (χ1v) is 9.29. The van der Waals surface area contributed by atoms with Crippen LogP contribution in [0.5, 0.6) is 0 Å². The van der Waals surface area contributed by atoms with Gasteiger partial charge in [0.05, 0.1) is 10.7 Å². The van der Waals surface area contributed by atoms with Gasteiger partial charge >= 0.3 is 0 Å². The molecule has 1 amide bonds. The van der Waals surface area contributed by atoms with Gasteiger partial charge in [0.25, 0.3) is 5.91 Å². The number of carbonyl (C=O) groups is 1. The lowest BCUT2D eigenvalue weighted by molar-refractivity contribution is 0.103. The Labute approximate surface area is 159 Å². The summed E-state index contributed by atoms with van der Waals surface area (Å²) in [5.41, 5.74) is 1.82. The molecule has 25 heavy (non-hydrogen) atoms. The molecule has 0 unspecified atom stereocenters. The van der Waals surface area contributed by atoms with Crippen LogP contribution in [0.3, 0.4) is 0 Å². The van der Waals surface area contributed by atoms with Crippen LogP contribution < -0.4 is 5.32 Å². The van der Waals surface area contributed by atoms with Gasteiger partial charge in [-0.15, -0.1) is 11.3 Å². The number of nitrogens with one attached hydrogen (secondary N) is 1. The SMILES string of the molecule is Cc1ccc2ccccc2c1NC(=O)c1sc2cc(Cl)ccc2c1Cl. The second-order valence-electron chi connectivity index (χ2n) is 5.82. The molecule has 0 spiro atoms. The molecule has 4 rings (SSSR count). The van der Waals surface area contributed by atoms with Crippen molar-refractivity contribution in [1.29, 1.82) is 0 Å². The molecule has 0 aliphatic heterocycles. The molecule has 1 N–H and O–H groups in total. The van der Waals surface area contributed by atoms with E-state index in [0.29, 0.717) is 14.9 Å². The van der Waals surface area contributed by atoms with Crippen molar-refractivity contribution in [3.05, 3.63) is 75.1 Å². The number of rotatable bonds is 2. The fraction of sp³-hybridized carbons (Fsp3) is 0.0500. The molecule has 0 saturated heterocycles. The van der Waals surface area contributed by atoms with Gasteiger partial charge in [0.2, 0.25) is 0 Å². The summed E-state index contributed by atoms with van der Waals surface area (Å²) in [5.74, 6) is -0.207. The standard InChI is InChI=1S/C20H13Cl2NOS/c1-11-6-7-12-4-2-3-5-14(12)18(11)23-20(24)19-17(22)15-9-8-13(21)10-16(15)25-19/h2-10H,1H3,(H,23,24). The number of anilines is 1. The summed E-state index contributed by atoms with van der Waals surface area (Å²) in [5, 5.41) is 7.07. The molecule has 0 saturated carbocycles. The predicted octanol–water partition coefficient (Wildman–Crippen LogP) is 6.92. The van der Waals surface area contributed by atoms with Crippen LogP contribution in [-0.4, -0.2) is 5.91 Å². The molecule has 1 heterocycles. The maximum absolute atomic E-state index is 12.9. The Kier molecular flexibility index (Phi) is 4.16. The van der Waals surface area contributed by atoms with Crippen LogP contribution >= 0.6 is 34.5 Å². The van der Waals surface area contributed by atoms with E-state index in [2.05, 4.69) is 11.4 Å². The highest BCUT2D eigenvalue weighted by Gasteiger charge is 2.19. The van der Waals surface area contributed by atoms with Crippen LogP contribution in [0.25, 0.3) is 20.9 Å². The minimum absolute atomic E-state index is 0.207. The van der Waals surface area contributed by atoms with Crippen LogP contribution in [0.2, 0.25) is 10.0 Å². The molecule has 0 atom stereocenters. The predicted molar refractivity (Wildman–Crippen MR) is 108 cm³/mol. The van der Waals surface area contributed by atoms with Gasteiger partial charge in [-0.05, 0) is 30.0 Å². The van der Waals surface area contributed by atoms with Gasteiger partial charge in [0.15, 0.2) is 0 Å². The summed E-state index contributed by atoms with van der Waals surface area (Å²) >= 11 is 13.8. The third-order valence-electron chi connectivity index (χ3n) is 4.17. The molecule has 124 valence electrons. The molecule has 0 fully saturated rings. The molecule has 0 bridgehead atoms. The topological polar surface area (TPSA) is 29.1 Å². The van der Waals surface area contributed by atoms with E-state index in [4.69, 9.17) is 23.2 Å². The van der Waals surface area contributed by atoms with Crippen molar-refractivity contribution in [2.75, 3.05) is 5.32 Å². The molecule has 3 aromatic carbocycles. The number of carbonyl (C=O) groups excluding carboxylic acids is 1. The number of hydrogen-bond donors (Lipinski definition) is 1. The van der Waals surface area contributed by atoms with Gasteiger partial charge in [0.1, 0.15) is 4.88 Å². The quantitative estimate of drug-likeness (QED) is 0.398. The zero-order valence-electron chi connectivity index (χ0n) is 13.3. The highest BCUT2D eigenvalue weighted by atomic mass is 35.5. The van der Waals surface area contributed by atoms with Crippen LogP contribution in [0.4, 0.5) is 5.69 Å². The minimum Gasteiger partial charge on any atom is -0.320 e. The molecule has 0 aliphatic carbocycles. The number of halogens is 2. The molecule has 2 nitrogen and oxygen atoms in total. The maximum atomic E-state index is 12.9. The fourth-order valence-corrected chi connectivity index (χ4v) is 4.59. The first kappa shape index (κ1) is 16.4. The molecule has 1 aromatic heterocycles. The summed E-state index contributed by atoms with van der Waals surface area (Å²) in [6.07, 6.45) is 0. The van der Waals surface area contributed by atoms with E-state index >= 15 is 0 Å². The highest BCUT2D eigenvalue weighted by Crippen LogP contribution is 2.37. The summed E-state index contributed by atoms with van der Waals surface area (Å²) in [6.45, 7) is 1.98. The van der Waals surface area contributed by atoms with E-state index in [0.717, 1.165) is 32.1 Å². The van der Waals surface area contributed by atoms with Crippen molar-refractivity contribution in [1.82, 2.24) is 0 Å². The van der Waals surface area contributed by atoms with Gasteiger partial charge in [-0.3, -0.25) is 4.79 Å². The summed E-state index contributed by atoms with van der Waals surface area (Å²) in [4.78, 5) is 13.4. The van der Waals surface area contributed by atoms with E-state index in [1.807, 2.05) is 49.4 Å². The van der Waals surface area contributed by atoms with Gasteiger partial charge in [-0.25, -0.2) is 0 Å². The van der Waals surface area contributed by atoms with Crippen LogP contribution in [-0.2, 0) is 0 Å². The number of benzene rings is 3. The van der Waals surface area contributed by atoms with Crippen molar-refractivity contribution in [2.45, 2.75) is 6.92 Å². The van der Waals surface area contributed by atoms with E-state index in [9.17, 15) is 4.79 Å². The largest absolute Gasteiger partial charge is 0.320 e. The Hall–Kier alpha value is -2.07. The Bertz CT molecular complexity index is 1130. The zero-order valence-corrected chi connectivity index (χ0v) is 15.6. The van der Waals surface area contributed by atoms with E-state index in [1.165, 1.54) is 11.3 Å². The minimum atomic E-state index is -0.207. The maximum Gasteiger partial charge on any atom is 0.267 e. The molecular formula is C20H13Cl2NOS. The second kappa shape index (κ2) is 6.34. The number of thiophene rings is 1. The Balaban J connectivity index is 1.79. The van der Waals surface area contributed by atoms with Crippen molar-refractivity contribution in [3.8, 4) is 0 Å². The number of amides is 1. The summed E-state index contributed by atoms with van der Waals surface area (Å²) in [7, 11) is 0. The lowest BCUT2D eigenvalue weighted by Crippen LogP contribution is -2.12. The van der Waals surface area contributed by atoms with Crippen molar-refractivity contribution in [2.24, 2.45) is 0 Å². The Morgan fingerprint density at radius 2 is 1.80 bits per heavy atom. The van der Waals surface area contributed by atoms with Gasteiger partial charge in [-0.1, -0.05) is 65.7 Å². The normalized spacial score (nSPS) is 11.2. The number of fused-ring (bicyclic) bond motifs is 2. The van der Waals surface area contributed by atoms with Gasteiger partial charge in [-0.2, -0.15) is 0 Å². The van der Waals surface area contributed by atoms with Crippen molar-refractivity contribution in [3.63, 3.8) is 0 Å². The molecule has 5 heteroatoms. The smallest absolute Gasteiger partial charge is 0.267 e.